The van der Waals surface area contributed by atoms with Gasteiger partial charge in [-0.05, 0) is 25.7 Å². The maximum absolute atomic E-state index is 13.7. The molecule has 0 radical (unpaired) electrons. The number of nitrogens with one attached hydrogen (secondary N) is 1. The van der Waals surface area contributed by atoms with Crippen LogP contribution in [0.2, 0.25) is 0 Å². The third-order valence-corrected chi connectivity index (χ3v) is 5.28. The highest BCUT2D eigenvalue weighted by Gasteiger charge is 2.20. The van der Waals surface area contributed by atoms with E-state index >= 15 is 0 Å². The van der Waals surface area contributed by atoms with Crippen LogP contribution in [0.25, 0.3) is 10.9 Å². The molecule has 1 fully saturated rings. The molecule has 1 aliphatic carbocycles. The van der Waals surface area contributed by atoms with Gasteiger partial charge < -0.3 is 15.2 Å². The van der Waals surface area contributed by atoms with Crippen LogP contribution in [0.5, 0.6) is 5.75 Å². The number of phenols is 1. The van der Waals surface area contributed by atoms with Crippen molar-refractivity contribution in [3.63, 3.8) is 0 Å². The van der Waals surface area contributed by atoms with Crippen molar-refractivity contribution < 1.29 is 14.6 Å². The normalized spacial score (nSPS) is 22.1. The Morgan fingerprint density at radius 3 is 2.77 bits per heavy atom. The topological polar surface area (TPSA) is 86.2 Å². The molecule has 3 N–H and O–H groups in total. The second kappa shape index (κ2) is 6.26. The molecule has 0 spiro atoms. The molecule has 118 valence electrons. The lowest BCUT2D eigenvalue weighted by atomic mass is 9.97. The van der Waals surface area contributed by atoms with Crippen molar-refractivity contribution in [1.82, 2.24) is 9.97 Å². The maximum atomic E-state index is 13.7. The number of hydrogen-bond acceptors (Lipinski definition) is 5. The van der Waals surface area contributed by atoms with Gasteiger partial charge in [-0.15, -0.1) is 0 Å². The van der Waals surface area contributed by atoms with E-state index in [1.807, 2.05) is 0 Å². The van der Waals surface area contributed by atoms with E-state index in [1.165, 1.54) is 6.07 Å². The zero-order chi connectivity index (χ0) is 15.7. The summed E-state index contributed by atoms with van der Waals surface area (Å²) < 4.78 is 13.7. The summed E-state index contributed by atoms with van der Waals surface area (Å²) in [6.45, 7) is 0. The minimum Gasteiger partial charge on any atom is -0.508 e. The third-order valence-electron chi connectivity index (χ3n) is 3.89. The van der Waals surface area contributed by atoms with Gasteiger partial charge in [0, 0.05) is 17.4 Å². The SMILES string of the molecule is O=c1[nH]c(CSC2CCC(O)CC2)nc2cc(O)cc(F)c12. The minimum atomic E-state index is -0.774. The minimum absolute atomic E-state index is 0.132. The van der Waals surface area contributed by atoms with Crippen molar-refractivity contribution >= 4 is 22.7 Å². The molecule has 1 aliphatic rings. The number of aliphatic hydroxyl groups excluding tert-OH is 1. The molecule has 1 aromatic heterocycles. The van der Waals surface area contributed by atoms with Gasteiger partial charge in [0.25, 0.3) is 5.56 Å². The number of H-pyrrole nitrogens is 1. The zero-order valence-electron chi connectivity index (χ0n) is 11.9. The van der Waals surface area contributed by atoms with E-state index in [0.29, 0.717) is 16.8 Å². The molecular formula is C15H17FN2O3S. The van der Waals surface area contributed by atoms with Gasteiger partial charge in [0.05, 0.1) is 17.4 Å². The summed E-state index contributed by atoms with van der Waals surface area (Å²) in [5.41, 5.74) is -0.368. The molecule has 1 aromatic carbocycles. The largest absolute Gasteiger partial charge is 0.508 e. The Labute approximate surface area is 130 Å². The molecule has 1 heterocycles. The van der Waals surface area contributed by atoms with Crippen molar-refractivity contribution in [3.8, 4) is 5.75 Å². The zero-order valence-corrected chi connectivity index (χ0v) is 12.7. The van der Waals surface area contributed by atoms with Crippen LogP contribution in [0.15, 0.2) is 16.9 Å². The standard InChI is InChI=1S/C15H17FN2O3S/c16-11-5-9(20)6-12-14(11)15(21)18-13(17-12)7-22-10-3-1-8(19)2-4-10/h5-6,8,10,19-20H,1-4,7H2,(H,17,18,21). The third kappa shape index (κ3) is 3.25. The lowest BCUT2D eigenvalue weighted by molar-refractivity contribution is 0.132. The van der Waals surface area contributed by atoms with Crippen LogP contribution >= 0.6 is 11.8 Å². The second-order valence-electron chi connectivity index (χ2n) is 5.58. The van der Waals surface area contributed by atoms with Crippen molar-refractivity contribution in [1.29, 1.82) is 0 Å². The van der Waals surface area contributed by atoms with E-state index in [4.69, 9.17) is 0 Å². The van der Waals surface area contributed by atoms with Crippen LogP contribution in [-0.2, 0) is 5.75 Å². The highest BCUT2D eigenvalue weighted by molar-refractivity contribution is 7.99. The first-order valence-corrected chi connectivity index (χ1v) is 8.29. The van der Waals surface area contributed by atoms with Crippen molar-refractivity contribution in [2.45, 2.75) is 42.8 Å². The summed E-state index contributed by atoms with van der Waals surface area (Å²) in [6, 6.07) is 2.19. The lowest BCUT2D eigenvalue weighted by Crippen LogP contribution is -2.20. The van der Waals surface area contributed by atoms with Gasteiger partial charge >= 0.3 is 0 Å². The first kappa shape index (κ1) is 15.3. The summed E-state index contributed by atoms with van der Waals surface area (Å²) in [5.74, 6) is -0.0331. The van der Waals surface area contributed by atoms with E-state index in [9.17, 15) is 19.4 Å². The highest BCUT2D eigenvalue weighted by atomic mass is 32.2. The van der Waals surface area contributed by atoms with E-state index in [0.717, 1.165) is 31.7 Å². The molecule has 1 saturated carbocycles. The number of thioether (sulfide) groups is 1. The van der Waals surface area contributed by atoms with Gasteiger partial charge in [0.2, 0.25) is 0 Å². The monoisotopic (exact) mass is 324 g/mol. The number of aliphatic hydroxyl groups is 1. The quantitative estimate of drug-likeness (QED) is 0.806. The average molecular weight is 324 g/mol. The summed E-state index contributed by atoms with van der Waals surface area (Å²) in [7, 11) is 0. The maximum Gasteiger partial charge on any atom is 0.261 e. The molecular weight excluding hydrogens is 307 g/mol. The average Bonchev–Trinajstić information content (AvgIpc) is 2.45. The van der Waals surface area contributed by atoms with E-state index in [1.54, 1.807) is 11.8 Å². The van der Waals surface area contributed by atoms with Gasteiger partial charge in [-0.3, -0.25) is 4.79 Å². The smallest absolute Gasteiger partial charge is 0.261 e. The number of nitrogens with zero attached hydrogens (tertiary/aromatic N) is 1. The molecule has 22 heavy (non-hydrogen) atoms. The van der Waals surface area contributed by atoms with Gasteiger partial charge in [0.1, 0.15) is 22.8 Å². The number of rotatable bonds is 3. The Balaban J connectivity index is 1.78. The predicted molar refractivity (Wildman–Crippen MR) is 83.5 cm³/mol. The molecule has 2 aromatic rings. The number of aromatic hydroxyl groups is 1. The Bertz CT molecular complexity index is 741. The van der Waals surface area contributed by atoms with Gasteiger partial charge in [-0.2, -0.15) is 11.8 Å². The number of halogens is 1. The van der Waals surface area contributed by atoms with E-state index < -0.39 is 11.4 Å². The van der Waals surface area contributed by atoms with Crippen LogP contribution in [0.4, 0.5) is 4.39 Å². The van der Waals surface area contributed by atoms with E-state index in [-0.39, 0.29) is 22.8 Å². The number of hydrogen-bond donors (Lipinski definition) is 3. The van der Waals surface area contributed by atoms with Crippen LogP contribution in [-0.4, -0.2) is 31.5 Å². The molecule has 0 atom stereocenters. The Hall–Kier alpha value is -1.60. The number of aromatic nitrogens is 2. The molecule has 0 unspecified atom stereocenters. The number of aromatic amines is 1. The number of benzene rings is 1. The fourth-order valence-corrected chi connectivity index (χ4v) is 3.87. The van der Waals surface area contributed by atoms with Gasteiger partial charge in [-0.25, -0.2) is 9.37 Å². The first-order chi connectivity index (χ1) is 10.5. The molecule has 0 aliphatic heterocycles. The van der Waals surface area contributed by atoms with Crippen molar-refractivity contribution in [3.05, 3.63) is 34.1 Å². The Morgan fingerprint density at radius 2 is 2.05 bits per heavy atom. The summed E-state index contributed by atoms with van der Waals surface area (Å²) in [6.07, 6.45) is 3.30. The van der Waals surface area contributed by atoms with Crippen molar-refractivity contribution in [2.24, 2.45) is 0 Å². The Kier molecular flexibility index (Phi) is 4.35. The lowest BCUT2D eigenvalue weighted by Gasteiger charge is -2.24. The molecule has 7 heteroatoms. The molecule has 3 rings (SSSR count). The summed E-state index contributed by atoms with van der Waals surface area (Å²) in [4.78, 5) is 18.8. The van der Waals surface area contributed by atoms with Crippen LogP contribution in [0, 0.1) is 5.82 Å². The Morgan fingerprint density at radius 1 is 1.32 bits per heavy atom. The molecule has 0 saturated heterocycles. The predicted octanol–water partition coefficient (Wildman–Crippen LogP) is 2.30. The first-order valence-electron chi connectivity index (χ1n) is 7.24. The second-order valence-corrected chi connectivity index (χ2v) is 6.86. The summed E-state index contributed by atoms with van der Waals surface area (Å²) >= 11 is 1.68. The molecule has 0 bridgehead atoms. The van der Waals surface area contributed by atoms with Gasteiger partial charge in [-0.1, -0.05) is 0 Å². The molecule has 5 nitrogen and oxygen atoms in total. The van der Waals surface area contributed by atoms with Crippen LogP contribution in [0.3, 0.4) is 0 Å². The van der Waals surface area contributed by atoms with Crippen molar-refractivity contribution in [2.75, 3.05) is 0 Å². The fraction of sp³-hybridized carbons (Fsp3) is 0.467. The van der Waals surface area contributed by atoms with Gasteiger partial charge in [0.15, 0.2) is 0 Å². The highest BCUT2D eigenvalue weighted by Crippen LogP contribution is 2.30. The fourth-order valence-electron chi connectivity index (χ4n) is 2.74. The molecule has 0 amide bonds. The summed E-state index contributed by atoms with van der Waals surface area (Å²) in [5, 5.41) is 19.2. The van der Waals surface area contributed by atoms with Crippen LogP contribution < -0.4 is 5.56 Å². The van der Waals surface area contributed by atoms with Crippen LogP contribution in [0.1, 0.15) is 31.5 Å². The van der Waals surface area contributed by atoms with E-state index in [2.05, 4.69) is 9.97 Å². The number of fused-ring (bicyclic) bond motifs is 1. The number of phenolic OH excluding ortho intramolecular Hbond substituents is 1.